The number of hydrogen-bond donors (Lipinski definition) is 2. The van der Waals surface area contributed by atoms with Gasteiger partial charge in [-0.1, -0.05) is 0 Å². The van der Waals surface area contributed by atoms with Crippen LogP contribution in [0, 0.1) is 5.92 Å². The van der Waals surface area contributed by atoms with Crippen LogP contribution in [0.5, 0.6) is 0 Å². The first-order chi connectivity index (χ1) is 10.2. The predicted octanol–water partition coefficient (Wildman–Crippen LogP) is 0.766. The molecule has 0 spiro atoms. The van der Waals surface area contributed by atoms with E-state index in [1.54, 1.807) is 37.8 Å². The highest BCUT2D eigenvalue weighted by molar-refractivity contribution is 5.78. The number of aromatic nitrogens is 1. The Morgan fingerprint density at radius 1 is 1.41 bits per heavy atom. The summed E-state index contributed by atoms with van der Waals surface area (Å²) in [4.78, 5) is 29.0. The van der Waals surface area contributed by atoms with Gasteiger partial charge in [-0.25, -0.2) is 0 Å². The molecule has 0 radical (unpaired) electrons. The van der Waals surface area contributed by atoms with Crippen LogP contribution in [-0.4, -0.2) is 45.2 Å². The molecular formula is C15H21N3O4. The van der Waals surface area contributed by atoms with Crippen LogP contribution in [0.2, 0.25) is 0 Å². The molecule has 0 saturated carbocycles. The van der Waals surface area contributed by atoms with Crippen LogP contribution in [0.4, 0.5) is 0 Å². The summed E-state index contributed by atoms with van der Waals surface area (Å²) in [6.07, 6.45) is 2.38. The van der Waals surface area contributed by atoms with Crippen molar-refractivity contribution in [2.24, 2.45) is 11.7 Å². The Morgan fingerprint density at radius 2 is 2.00 bits per heavy atom. The van der Waals surface area contributed by atoms with E-state index < -0.39 is 35.7 Å². The minimum Gasteiger partial charge on any atom is -0.480 e. The average Bonchev–Trinajstić information content (AvgIpc) is 2.40. The smallest absolute Gasteiger partial charge is 0.325 e. The molecule has 22 heavy (non-hydrogen) atoms. The lowest BCUT2D eigenvalue weighted by atomic mass is 9.90. The molecule has 0 unspecified atom stereocenters. The molecule has 3 atom stereocenters. The maximum atomic E-state index is 12.0. The highest BCUT2D eigenvalue weighted by Gasteiger charge is 2.48. The summed E-state index contributed by atoms with van der Waals surface area (Å²) in [7, 11) is 0. The molecule has 0 amide bonds. The van der Waals surface area contributed by atoms with E-state index in [1.165, 1.54) is 12.4 Å². The third-order valence-electron chi connectivity index (χ3n) is 3.50. The van der Waals surface area contributed by atoms with E-state index >= 15 is 0 Å². The minimum atomic E-state index is -1.01. The summed E-state index contributed by atoms with van der Waals surface area (Å²) in [5.74, 6) is -1.91. The zero-order valence-electron chi connectivity index (χ0n) is 12.9. The van der Waals surface area contributed by atoms with Gasteiger partial charge in [-0.05, 0) is 38.5 Å². The van der Waals surface area contributed by atoms with Crippen LogP contribution in [0.3, 0.4) is 0 Å². The molecule has 1 saturated heterocycles. The number of hydrogen-bond acceptors (Lipinski definition) is 6. The van der Waals surface area contributed by atoms with Gasteiger partial charge in [-0.3, -0.25) is 19.5 Å². The van der Waals surface area contributed by atoms with Gasteiger partial charge in [0.05, 0.1) is 12.1 Å². The minimum absolute atomic E-state index is 0.259. The number of carboxylic acid groups (broad SMARTS) is 1. The lowest BCUT2D eigenvalue weighted by Gasteiger charge is -2.47. The average molecular weight is 307 g/mol. The third kappa shape index (κ3) is 3.42. The molecular weight excluding hydrogens is 286 g/mol. The SMILES string of the molecule is CC(C)(C)OC(=O)[C@@H]1CN([C@@H](C(=O)O)c2ccncc2)[C@@H]1N. The lowest BCUT2D eigenvalue weighted by Crippen LogP contribution is -2.66. The van der Waals surface area contributed by atoms with Crippen molar-refractivity contribution in [2.75, 3.05) is 6.54 Å². The topological polar surface area (TPSA) is 106 Å². The molecule has 1 aliphatic heterocycles. The van der Waals surface area contributed by atoms with Crippen molar-refractivity contribution in [1.29, 1.82) is 0 Å². The first-order valence-electron chi connectivity index (χ1n) is 7.07. The van der Waals surface area contributed by atoms with Gasteiger partial charge in [0.1, 0.15) is 11.6 Å². The van der Waals surface area contributed by atoms with Gasteiger partial charge in [0.2, 0.25) is 0 Å². The second kappa shape index (κ2) is 6.02. The van der Waals surface area contributed by atoms with Crippen LogP contribution < -0.4 is 5.73 Å². The summed E-state index contributed by atoms with van der Waals surface area (Å²) < 4.78 is 5.30. The highest BCUT2D eigenvalue weighted by atomic mass is 16.6. The van der Waals surface area contributed by atoms with Gasteiger partial charge >= 0.3 is 11.9 Å². The van der Waals surface area contributed by atoms with Gasteiger partial charge < -0.3 is 15.6 Å². The van der Waals surface area contributed by atoms with Gasteiger partial charge in [0.15, 0.2) is 0 Å². The van der Waals surface area contributed by atoms with Crippen molar-refractivity contribution in [2.45, 2.75) is 38.6 Å². The zero-order valence-corrected chi connectivity index (χ0v) is 12.9. The van der Waals surface area contributed by atoms with Crippen molar-refractivity contribution in [3.63, 3.8) is 0 Å². The van der Waals surface area contributed by atoms with Gasteiger partial charge in [0.25, 0.3) is 0 Å². The van der Waals surface area contributed by atoms with Gasteiger partial charge in [0, 0.05) is 18.9 Å². The molecule has 1 fully saturated rings. The van der Waals surface area contributed by atoms with Gasteiger partial charge in [-0.2, -0.15) is 0 Å². The number of nitrogens with two attached hydrogens (primary N) is 1. The number of nitrogens with zero attached hydrogens (tertiary/aromatic N) is 2. The maximum Gasteiger partial charge on any atom is 0.325 e. The van der Waals surface area contributed by atoms with Crippen LogP contribution in [-0.2, 0) is 14.3 Å². The Bertz CT molecular complexity index is 556. The normalized spacial score (nSPS) is 23.5. The number of esters is 1. The number of carbonyl (C=O) groups excluding carboxylic acids is 1. The number of carboxylic acids is 1. The van der Waals surface area contributed by atoms with Crippen LogP contribution in [0.15, 0.2) is 24.5 Å². The van der Waals surface area contributed by atoms with Crippen molar-refractivity contribution < 1.29 is 19.4 Å². The van der Waals surface area contributed by atoms with Crippen molar-refractivity contribution in [3.05, 3.63) is 30.1 Å². The fraction of sp³-hybridized carbons (Fsp3) is 0.533. The Morgan fingerprint density at radius 3 is 2.45 bits per heavy atom. The zero-order chi connectivity index (χ0) is 16.5. The van der Waals surface area contributed by atoms with E-state index in [1.807, 2.05) is 0 Å². The van der Waals surface area contributed by atoms with Crippen LogP contribution in [0.1, 0.15) is 32.4 Å². The second-order valence-corrected chi connectivity index (χ2v) is 6.35. The summed E-state index contributed by atoms with van der Waals surface area (Å²) in [5.41, 5.74) is 6.00. The molecule has 7 heteroatoms. The van der Waals surface area contributed by atoms with E-state index in [0.29, 0.717) is 5.56 Å². The third-order valence-corrected chi connectivity index (χ3v) is 3.50. The standard InChI is InChI=1S/C15H21N3O4/c1-15(2,3)22-14(21)10-8-18(12(10)16)11(13(19)20)9-4-6-17-7-5-9/h4-7,10-12H,8,16H2,1-3H3,(H,19,20)/t10-,11-,12+/m1/s1. The number of ether oxygens (including phenoxy) is 1. The molecule has 120 valence electrons. The lowest BCUT2D eigenvalue weighted by molar-refractivity contribution is -0.176. The summed E-state index contributed by atoms with van der Waals surface area (Å²) in [6.45, 7) is 5.60. The van der Waals surface area contributed by atoms with E-state index in [9.17, 15) is 14.7 Å². The van der Waals surface area contributed by atoms with E-state index in [4.69, 9.17) is 10.5 Å². The molecule has 2 heterocycles. The molecule has 0 aromatic carbocycles. The largest absolute Gasteiger partial charge is 0.480 e. The molecule has 1 aromatic rings. The Balaban J connectivity index is 2.09. The number of pyridine rings is 1. The molecule has 7 nitrogen and oxygen atoms in total. The summed E-state index contributed by atoms with van der Waals surface area (Å²) in [5, 5.41) is 9.46. The van der Waals surface area contributed by atoms with Crippen LogP contribution in [0.25, 0.3) is 0 Å². The molecule has 1 aliphatic rings. The van der Waals surface area contributed by atoms with E-state index in [0.717, 1.165) is 0 Å². The molecule has 1 aromatic heterocycles. The van der Waals surface area contributed by atoms with Crippen molar-refractivity contribution in [3.8, 4) is 0 Å². The molecule has 2 rings (SSSR count). The molecule has 0 aliphatic carbocycles. The molecule has 0 bridgehead atoms. The number of rotatable bonds is 4. The number of aliphatic carboxylic acids is 1. The first-order valence-corrected chi connectivity index (χ1v) is 7.07. The van der Waals surface area contributed by atoms with Crippen molar-refractivity contribution in [1.82, 2.24) is 9.88 Å². The molecule has 3 N–H and O–H groups in total. The number of likely N-dealkylation sites (tertiary alicyclic amines) is 1. The van der Waals surface area contributed by atoms with Gasteiger partial charge in [-0.15, -0.1) is 0 Å². The quantitative estimate of drug-likeness (QED) is 0.791. The Kier molecular flexibility index (Phi) is 4.48. The second-order valence-electron chi connectivity index (χ2n) is 6.35. The maximum absolute atomic E-state index is 12.0. The van der Waals surface area contributed by atoms with E-state index in [2.05, 4.69) is 4.98 Å². The highest BCUT2D eigenvalue weighted by Crippen LogP contribution is 2.33. The fourth-order valence-electron chi connectivity index (χ4n) is 2.44. The summed E-state index contributed by atoms with van der Waals surface area (Å²) in [6, 6.07) is 2.37. The van der Waals surface area contributed by atoms with Crippen molar-refractivity contribution >= 4 is 11.9 Å². The van der Waals surface area contributed by atoms with E-state index in [-0.39, 0.29) is 6.54 Å². The Hall–Kier alpha value is -1.99. The monoisotopic (exact) mass is 307 g/mol. The Labute approximate surface area is 129 Å². The van der Waals surface area contributed by atoms with Crippen LogP contribution >= 0.6 is 0 Å². The first kappa shape index (κ1) is 16.4. The number of carbonyl (C=O) groups is 2. The predicted molar refractivity (Wildman–Crippen MR) is 78.6 cm³/mol. The fourth-order valence-corrected chi connectivity index (χ4v) is 2.44. The summed E-state index contributed by atoms with van der Waals surface area (Å²) >= 11 is 0.